The van der Waals surface area contributed by atoms with Gasteiger partial charge in [0.05, 0.1) is 10.6 Å². The van der Waals surface area contributed by atoms with Gasteiger partial charge in [-0.15, -0.1) is 0 Å². The van der Waals surface area contributed by atoms with Crippen molar-refractivity contribution in [1.29, 1.82) is 0 Å². The number of carboxylic acid groups (broad SMARTS) is 1. The first kappa shape index (κ1) is 14.2. The van der Waals surface area contributed by atoms with Gasteiger partial charge in [0.2, 0.25) is 0 Å². The van der Waals surface area contributed by atoms with Crippen molar-refractivity contribution in [2.45, 2.75) is 25.8 Å². The Morgan fingerprint density at radius 3 is 2.74 bits per heavy atom. The molecule has 1 heterocycles. The van der Waals surface area contributed by atoms with Crippen molar-refractivity contribution in [2.24, 2.45) is 0 Å². The summed E-state index contributed by atoms with van der Waals surface area (Å²) in [4.78, 5) is 13.3. The zero-order chi connectivity index (χ0) is 13.8. The van der Waals surface area contributed by atoms with Crippen LogP contribution >= 0.6 is 11.6 Å². The molecular formula is C14H19ClN2O2. The van der Waals surface area contributed by atoms with Gasteiger partial charge in [0.25, 0.3) is 0 Å². The first-order valence-electron chi connectivity index (χ1n) is 6.58. The standard InChI is InChI=1S/C14H19ClN2O2/c1-10(17-6-2-3-7-17)9-16-11-4-5-12(14(18)19)13(15)8-11/h4-5,8,10,16H,2-3,6-7,9H2,1H3,(H,18,19). The molecule has 1 unspecified atom stereocenters. The van der Waals surface area contributed by atoms with Crippen LogP contribution in [-0.4, -0.2) is 41.7 Å². The topological polar surface area (TPSA) is 52.6 Å². The van der Waals surface area contributed by atoms with E-state index in [2.05, 4.69) is 17.1 Å². The molecule has 0 aliphatic carbocycles. The van der Waals surface area contributed by atoms with Crippen molar-refractivity contribution >= 4 is 23.3 Å². The number of anilines is 1. The van der Waals surface area contributed by atoms with E-state index in [9.17, 15) is 4.79 Å². The number of carbonyl (C=O) groups is 1. The molecule has 5 heteroatoms. The SMILES string of the molecule is CC(CNc1ccc(C(=O)O)c(Cl)c1)N1CCCC1. The fourth-order valence-corrected chi connectivity index (χ4v) is 2.64. The van der Waals surface area contributed by atoms with Crippen LogP contribution in [0.3, 0.4) is 0 Å². The second-order valence-corrected chi connectivity index (χ2v) is 5.38. The third-order valence-corrected chi connectivity index (χ3v) is 3.88. The first-order valence-corrected chi connectivity index (χ1v) is 6.96. The van der Waals surface area contributed by atoms with Gasteiger partial charge in [-0.2, -0.15) is 0 Å². The van der Waals surface area contributed by atoms with E-state index in [1.54, 1.807) is 12.1 Å². The number of likely N-dealkylation sites (tertiary alicyclic amines) is 1. The van der Waals surface area contributed by atoms with Crippen LogP contribution in [0.5, 0.6) is 0 Å². The Bertz CT molecular complexity index is 459. The third kappa shape index (κ3) is 3.61. The molecule has 0 bridgehead atoms. The highest BCUT2D eigenvalue weighted by atomic mass is 35.5. The maximum absolute atomic E-state index is 10.9. The van der Waals surface area contributed by atoms with Crippen LogP contribution in [0.4, 0.5) is 5.69 Å². The van der Waals surface area contributed by atoms with Crippen molar-refractivity contribution in [3.8, 4) is 0 Å². The van der Waals surface area contributed by atoms with E-state index >= 15 is 0 Å². The average Bonchev–Trinajstić information content (AvgIpc) is 2.89. The highest BCUT2D eigenvalue weighted by Gasteiger charge is 2.17. The molecule has 0 amide bonds. The van der Waals surface area contributed by atoms with E-state index in [1.165, 1.54) is 32.0 Å². The largest absolute Gasteiger partial charge is 0.478 e. The van der Waals surface area contributed by atoms with Crippen LogP contribution in [0.1, 0.15) is 30.1 Å². The van der Waals surface area contributed by atoms with Gasteiger partial charge >= 0.3 is 5.97 Å². The van der Waals surface area contributed by atoms with Crippen molar-refractivity contribution in [2.75, 3.05) is 25.0 Å². The molecule has 1 aliphatic heterocycles. The maximum Gasteiger partial charge on any atom is 0.337 e. The Morgan fingerprint density at radius 1 is 1.47 bits per heavy atom. The second-order valence-electron chi connectivity index (χ2n) is 4.97. The predicted octanol–water partition coefficient (Wildman–Crippen LogP) is 2.93. The highest BCUT2D eigenvalue weighted by molar-refractivity contribution is 6.33. The van der Waals surface area contributed by atoms with Crippen LogP contribution in [0, 0.1) is 0 Å². The summed E-state index contributed by atoms with van der Waals surface area (Å²) in [6.07, 6.45) is 2.56. The number of nitrogens with zero attached hydrogens (tertiary/aromatic N) is 1. The zero-order valence-electron chi connectivity index (χ0n) is 11.0. The molecule has 104 valence electrons. The van der Waals surface area contributed by atoms with Gasteiger partial charge in [0.1, 0.15) is 0 Å². The van der Waals surface area contributed by atoms with Crippen LogP contribution in [0.15, 0.2) is 18.2 Å². The van der Waals surface area contributed by atoms with E-state index in [4.69, 9.17) is 16.7 Å². The maximum atomic E-state index is 10.9. The Morgan fingerprint density at radius 2 is 2.16 bits per heavy atom. The fraction of sp³-hybridized carbons (Fsp3) is 0.500. The third-order valence-electron chi connectivity index (χ3n) is 3.57. The number of nitrogens with one attached hydrogen (secondary N) is 1. The Labute approximate surface area is 118 Å². The van der Waals surface area contributed by atoms with Gasteiger partial charge in [0, 0.05) is 18.3 Å². The summed E-state index contributed by atoms with van der Waals surface area (Å²) in [7, 11) is 0. The summed E-state index contributed by atoms with van der Waals surface area (Å²) >= 11 is 5.94. The number of hydrogen-bond acceptors (Lipinski definition) is 3. The van der Waals surface area contributed by atoms with E-state index in [0.29, 0.717) is 6.04 Å². The van der Waals surface area contributed by atoms with Crippen LogP contribution < -0.4 is 5.32 Å². The Balaban J connectivity index is 1.92. The fourth-order valence-electron chi connectivity index (χ4n) is 2.38. The van der Waals surface area contributed by atoms with Crippen molar-refractivity contribution in [3.05, 3.63) is 28.8 Å². The summed E-state index contributed by atoms with van der Waals surface area (Å²) in [5, 5.41) is 12.5. The van der Waals surface area contributed by atoms with Crippen LogP contribution in [-0.2, 0) is 0 Å². The molecule has 1 aromatic rings. The van der Waals surface area contributed by atoms with Crippen molar-refractivity contribution in [1.82, 2.24) is 4.90 Å². The Kier molecular flexibility index (Phi) is 4.66. The number of halogens is 1. The minimum atomic E-state index is -0.998. The van der Waals surface area contributed by atoms with Gasteiger partial charge in [0.15, 0.2) is 0 Å². The molecular weight excluding hydrogens is 264 g/mol. The molecule has 1 fully saturated rings. The summed E-state index contributed by atoms with van der Waals surface area (Å²) in [6, 6.07) is 5.43. The van der Waals surface area contributed by atoms with E-state index in [1.807, 2.05) is 0 Å². The molecule has 19 heavy (non-hydrogen) atoms. The summed E-state index contributed by atoms with van der Waals surface area (Å²) in [5.41, 5.74) is 1.00. The molecule has 4 nitrogen and oxygen atoms in total. The average molecular weight is 283 g/mol. The summed E-state index contributed by atoms with van der Waals surface area (Å²) < 4.78 is 0. The minimum absolute atomic E-state index is 0.139. The van der Waals surface area contributed by atoms with Gasteiger partial charge < -0.3 is 10.4 Å². The van der Waals surface area contributed by atoms with Gasteiger partial charge in [-0.05, 0) is 51.1 Å². The number of carboxylic acids is 1. The quantitative estimate of drug-likeness (QED) is 0.872. The van der Waals surface area contributed by atoms with E-state index < -0.39 is 5.97 Å². The predicted molar refractivity (Wildman–Crippen MR) is 77.2 cm³/mol. The molecule has 0 saturated carbocycles. The summed E-state index contributed by atoms with van der Waals surface area (Å²) in [5.74, 6) is -0.998. The molecule has 0 radical (unpaired) electrons. The highest BCUT2D eigenvalue weighted by Crippen LogP contribution is 2.21. The van der Waals surface area contributed by atoms with Crippen LogP contribution in [0.25, 0.3) is 0 Å². The molecule has 1 atom stereocenters. The lowest BCUT2D eigenvalue weighted by atomic mass is 10.2. The number of benzene rings is 1. The molecule has 1 aliphatic rings. The van der Waals surface area contributed by atoms with E-state index in [-0.39, 0.29) is 10.6 Å². The number of hydrogen-bond donors (Lipinski definition) is 2. The minimum Gasteiger partial charge on any atom is -0.478 e. The van der Waals surface area contributed by atoms with Gasteiger partial charge in [-0.3, -0.25) is 4.90 Å². The van der Waals surface area contributed by atoms with Crippen molar-refractivity contribution < 1.29 is 9.90 Å². The first-order chi connectivity index (χ1) is 9.08. The molecule has 0 aromatic heterocycles. The lowest BCUT2D eigenvalue weighted by molar-refractivity contribution is 0.0697. The smallest absolute Gasteiger partial charge is 0.337 e. The molecule has 1 saturated heterocycles. The zero-order valence-corrected chi connectivity index (χ0v) is 11.8. The van der Waals surface area contributed by atoms with Crippen molar-refractivity contribution in [3.63, 3.8) is 0 Å². The second kappa shape index (κ2) is 6.26. The number of aromatic carboxylic acids is 1. The number of rotatable bonds is 5. The lowest BCUT2D eigenvalue weighted by Gasteiger charge is -2.24. The molecule has 2 N–H and O–H groups in total. The lowest BCUT2D eigenvalue weighted by Crippen LogP contribution is -2.35. The molecule has 2 rings (SSSR count). The monoisotopic (exact) mass is 282 g/mol. The normalized spacial score (nSPS) is 17.4. The summed E-state index contributed by atoms with van der Waals surface area (Å²) in [6.45, 7) is 5.37. The van der Waals surface area contributed by atoms with Gasteiger partial charge in [-0.25, -0.2) is 4.79 Å². The van der Waals surface area contributed by atoms with Gasteiger partial charge in [-0.1, -0.05) is 11.6 Å². The molecule has 1 aromatic carbocycles. The van der Waals surface area contributed by atoms with Crippen LogP contribution in [0.2, 0.25) is 5.02 Å². The Hall–Kier alpha value is -1.26. The molecule has 0 spiro atoms. The van der Waals surface area contributed by atoms with E-state index in [0.717, 1.165) is 12.2 Å².